The highest BCUT2D eigenvalue weighted by Crippen LogP contribution is 2.23. The molecule has 1 atom stereocenters. The summed E-state index contributed by atoms with van der Waals surface area (Å²) >= 11 is 12.1. The fraction of sp³-hybridized carbons (Fsp3) is 0.222. The van der Waals surface area contributed by atoms with Crippen LogP contribution < -0.4 is 11.0 Å². The highest BCUT2D eigenvalue weighted by atomic mass is 35.5. The van der Waals surface area contributed by atoms with Gasteiger partial charge in [0.25, 0.3) is 0 Å². The van der Waals surface area contributed by atoms with Gasteiger partial charge in [0.15, 0.2) is 0 Å². The lowest BCUT2D eigenvalue weighted by atomic mass is 10.1. The van der Waals surface area contributed by atoms with Gasteiger partial charge in [-0.1, -0.05) is 53.5 Å². The topological polar surface area (TPSA) is 82.8 Å². The Balaban J connectivity index is 1.64. The Hall–Kier alpha value is -2.12. The van der Waals surface area contributed by atoms with Crippen LogP contribution in [0.5, 0.6) is 0 Å². The third kappa shape index (κ3) is 5.44. The number of aromatic amines is 2. The first kappa shape index (κ1) is 18.7. The zero-order valence-electron chi connectivity index (χ0n) is 13.8. The van der Waals surface area contributed by atoms with E-state index in [1.54, 1.807) is 6.07 Å². The average molecular weight is 393 g/mol. The van der Waals surface area contributed by atoms with Gasteiger partial charge >= 0.3 is 5.69 Å². The quantitative estimate of drug-likeness (QED) is 0.548. The summed E-state index contributed by atoms with van der Waals surface area (Å²) in [7, 11) is 0. The van der Waals surface area contributed by atoms with Gasteiger partial charge in [-0.3, -0.25) is 4.98 Å². The fourth-order valence-electron chi connectivity index (χ4n) is 2.54. The van der Waals surface area contributed by atoms with Gasteiger partial charge in [0.1, 0.15) is 5.82 Å². The smallest absolute Gasteiger partial charge is 0.340 e. The first-order chi connectivity index (χ1) is 12.6. The lowest BCUT2D eigenvalue weighted by Crippen LogP contribution is -2.24. The van der Waals surface area contributed by atoms with Gasteiger partial charge in [-0.2, -0.15) is 5.10 Å². The number of ether oxygens (including phenoxy) is 1. The van der Waals surface area contributed by atoms with Crippen LogP contribution in [-0.4, -0.2) is 21.7 Å². The zero-order chi connectivity index (χ0) is 18.4. The zero-order valence-corrected chi connectivity index (χ0v) is 15.3. The first-order valence-electron chi connectivity index (χ1n) is 8.06. The van der Waals surface area contributed by atoms with E-state index in [0.717, 1.165) is 11.1 Å². The van der Waals surface area contributed by atoms with Crippen molar-refractivity contribution in [3.05, 3.63) is 86.0 Å². The lowest BCUT2D eigenvalue weighted by Gasteiger charge is -2.19. The van der Waals surface area contributed by atoms with Crippen LogP contribution in [0.3, 0.4) is 0 Å². The Morgan fingerprint density at radius 3 is 2.50 bits per heavy atom. The Morgan fingerprint density at radius 1 is 1.12 bits per heavy atom. The summed E-state index contributed by atoms with van der Waals surface area (Å²) in [5, 5.41) is 10.6. The summed E-state index contributed by atoms with van der Waals surface area (Å²) < 4.78 is 6.09. The van der Waals surface area contributed by atoms with E-state index in [-0.39, 0.29) is 11.8 Å². The van der Waals surface area contributed by atoms with Crippen molar-refractivity contribution in [3.8, 4) is 0 Å². The molecule has 0 radical (unpaired) electrons. The van der Waals surface area contributed by atoms with E-state index in [2.05, 4.69) is 20.5 Å². The molecule has 0 aliphatic rings. The number of benzene rings is 2. The van der Waals surface area contributed by atoms with Crippen molar-refractivity contribution in [1.82, 2.24) is 20.5 Å². The van der Waals surface area contributed by atoms with Gasteiger partial charge in [-0.25, -0.2) is 9.89 Å². The van der Waals surface area contributed by atoms with Crippen molar-refractivity contribution >= 4 is 23.2 Å². The van der Waals surface area contributed by atoms with Crippen LogP contribution in [0.2, 0.25) is 10.0 Å². The van der Waals surface area contributed by atoms with Crippen LogP contribution in [0.15, 0.2) is 53.3 Å². The second-order valence-corrected chi connectivity index (χ2v) is 6.62. The molecular formula is C18H18Cl2N4O2. The van der Waals surface area contributed by atoms with Crippen LogP contribution >= 0.6 is 23.2 Å². The van der Waals surface area contributed by atoms with Crippen molar-refractivity contribution in [2.24, 2.45) is 0 Å². The largest absolute Gasteiger partial charge is 0.368 e. The maximum atomic E-state index is 11.1. The highest BCUT2D eigenvalue weighted by molar-refractivity contribution is 6.34. The van der Waals surface area contributed by atoms with Gasteiger partial charge in [0.05, 0.1) is 19.3 Å². The molecule has 0 saturated carbocycles. The SMILES string of the molecule is O=c1[nH]nc(CNC[C@@H](OCc2cc(Cl)cc(Cl)c2)c2ccccc2)[nH]1. The molecule has 0 amide bonds. The van der Waals surface area contributed by atoms with Crippen LogP contribution in [0.25, 0.3) is 0 Å². The molecule has 136 valence electrons. The highest BCUT2D eigenvalue weighted by Gasteiger charge is 2.13. The molecule has 0 aliphatic carbocycles. The third-order valence-electron chi connectivity index (χ3n) is 3.72. The molecule has 0 aliphatic heterocycles. The molecule has 0 fully saturated rings. The van der Waals surface area contributed by atoms with E-state index in [0.29, 0.717) is 35.6 Å². The minimum Gasteiger partial charge on any atom is -0.368 e. The number of halogens is 2. The molecular weight excluding hydrogens is 375 g/mol. The van der Waals surface area contributed by atoms with Crippen LogP contribution in [-0.2, 0) is 17.9 Å². The number of nitrogens with zero attached hydrogens (tertiary/aromatic N) is 1. The third-order valence-corrected chi connectivity index (χ3v) is 4.15. The second kappa shape index (κ2) is 9.00. The Labute approximate surface area is 160 Å². The summed E-state index contributed by atoms with van der Waals surface area (Å²) in [6, 6.07) is 15.3. The van der Waals surface area contributed by atoms with Crippen molar-refractivity contribution in [3.63, 3.8) is 0 Å². The van der Waals surface area contributed by atoms with Gasteiger partial charge in [-0.15, -0.1) is 0 Å². The number of nitrogens with one attached hydrogen (secondary N) is 3. The van der Waals surface area contributed by atoms with Crippen LogP contribution in [0, 0.1) is 0 Å². The van der Waals surface area contributed by atoms with E-state index in [1.165, 1.54) is 0 Å². The summed E-state index contributed by atoms with van der Waals surface area (Å²) in [6.45, 7) is 1.35. The maximum absolute atomic E-state index is 11.1. The number of hydrogen-bond acceptors (Lipinski definition) is 4. The first-order valence-corrected chi connectivity index (χ1v) is 8.81. The molecule has 2 aromatic carbocycles. The molecule has 3 rings (SSSR count). The number of hydrogen-bond donors (Lipinski definition) is 3. The van der Waals surface area contributed by atoms with Crippen LogP contribution in [0.4, 0.5) is 0 Å². The summed E-state index contributed by atoms with van der Waals surface area (Å²) in [4.78, 5) is 13.7. The molecule has 1 heterocycles. The van der Waals surface area contributed by atoms with E-state index >= 15 is 0 Å². The minimum absolute atomic E-state index is 0.181. The Morgan fingerprint density at radius 2 is 1.85 bits per heavy atom. The van der Waals surface area contributed by atoms with Gasteiger partial charge in [0.2, 0.25) is 0 Å². The van der Waals surface area contributed by atoms with E-state index in [9.17, 15) is 4.79 Å². The monoisotopic (exact) mass is 392 g/mol. The summed E-state index contributed by atoms with van der Waals surface area (Å²) in [5.41, 5.74) is 1.62. The molecule has 0 saturated heterocycles. The number of aromatic nitrogens is 3. The molecule has 0 spiro atoms. The molecule has 6 nitrogen and oxygen atoms in total. The molecule has 0 unspecified atom stereocenters. The minimum atomic E-state index is -0.324. The molecule has 26 heavy (non-hydrogen) atoms. The molecule has 0 bridgehead atoms. The predicted octanol–water partition coefficient (Wildman–Crippen LogP) is 3.45. The average Bonchev–Trinajstić information content (AvgIpc) is 3.03. The van der Waals surface area contributed by atoms with Crippen molar-refractivity contribution in [1.29, 1.82) is 0 Å². The Kier molecular flexibility index (Phi) is 6.46. The number of rotatable bonds is 8. The second-order valence-electron chi connectivity index (χ2n) is 5.74. The normalized spacial score (nSPS) is 12.2. The predicted molar refractivity (Wildman–Crippen MR) is 101 cm³/mol. The standard InChI is InChI=1S/C18H18Cl2N4O2/c19-14-6-12(7-15(20)8-14)11-26-16(13-4-2-1-3-5-13)9-21-10-17-22-18(25)24-23-17/h1-8,16,21H,9-11H2,(H2,22,23,24,25)/t16-/m1/s1. The molecule has 8 heteroatoms. The van der Waals surface area contributed by atoms with Crippen LogP contribution in [0.1, 0.15) is 23.1 Å². The van der Waals surface area contributed by atoms with Crippen molar-refractivity contribution in [2.45, 2.75) is 19.3 Å². The number of H-pyrrole nitrogens is 2. The molecule has 3 aromatic rings. The Bertz CT molecular complexity index is 875. The fourth-order valence-corrected chi connectivity index (χ4v) is 3.11. The lowest BCUT2D eigenvalue weighted by molar-refractivity contribution is 0.0395. The molecule has 3 N–H and O–H groups in total. The molecule has 1 aromatic heterocycles. The van der Waals surface area contributed by atoms with Gasteiger partial charge < -0.3 is 10.1 Å². The summed E-state index contributed by atoms with van der Waals surface area (Å²) in [5.74, 6) is 0.545. The summed E-state index contributed by atoms with van der Waals surface area (Å²) in [6.07, 6.45) is -0.181. The van der Waals surface area contributed by atoms with E-state index < -0.39 is 0 Å². The van der Waals surface area contributed by atoms with Crippen molar-refractivity contribution in [2.75, 3.05) is 6.54 Å². The van der Waals surface area contributed by atoms with Crippen molar-refractivity contribution < 1.29 is 4.74 Å². The van der Waals surface area contributed by atoms with E-state index in [1.807, 2.05) is 42.5 Å². The van der Waals surface area contributed by atoms with E-state index in [4.69, 9.17) is 27.9 Å². The van der Waals surface area contributed by atoms with Gasteiger partial charge in [0, 0.05) is 16.6 Å². The maximum Gasteiger partial charge on any atom is 0.340 e. The van der Waals surface area contributed by atoms with Gasteiger partial charge in [-0.05, 0) is 29.3 Å².